The van der Waals surface area contributed by atoms with Gasteiger partial charge in [0.25, 0.3) is 5.56 Å². The van der Waals surface area contributed by atoms with Crippen molar-refractivity contribution in [2.45, 2.75) is 19.9 Å². The predicted molar refractivity (Wildman–Crippen MR) is 131 cm³/mol. The molecule has 8 heteroatoms. The van der Waals surface area contributed by atoms with E-state index in [1.165, 1.54) is 0 Å². The molecule has 0 saturated heterocycles. The highest BCUT2D eigenvalue weighted by Gasteiger charge is 2.21. The highest BCUT2D eigenvalue weighted by atomic mass is 16.4. The van der Waals surface area contributed by atoms with Gasteiger partial charge in [0.05, 0.1) is 28.2 Å². The molecule has 0 saturated carbocycles. The zero-order valence-electron chi connectivity index (χ0n) is 19.0. The number of hydrogen-bond acceptors (Lipinski definition) is 5. The molecule has 0 fully saturated rings. The Morgan fingerprint density at radius 1 is 1.09 bits per heavy atom. The summed E-state index contributed by atoms with van der Waals surface area (Å²) in [5.41, 5.74) is 5.02. The van der Waals surface area contributed by atoms with E-state index in [-0.39, 0.29) is 17.2 Å². The minimum absolute atomic E-state index is 0.136. The van der Waals surface area contributed by atoms with E-state index in [0.717, 1.165) is 16.6 Å². The molecule has 5 rings (SSSR count). The largest absolute Gasteiger partial charge is 0.478 e. The van der Waals surface area contributed by atoms with E-state index in [4.69, 9.17) is 0 Å². The minimum atomic E-state index is -1.00. The Bertz CT molecular complexity index is 1620. The number of rotatable bonds is 5. The van der Waals surface area contributed by atoms with Gasteiger partial charge < -0.3 is 10.4 Å². The molecule has 2 N–H and O–H groups in total. The van der Waals surface area contributed by atoms with Crippen molar-refractivity contribution in [3.63, 3.8) is 0 Å². The van der Waals surface area contributed by atoms with E-state index >= 15 is 0 Å². The minimum Gasteiger partial charge on any atom is -0.478 e. The summed E-state index contributed by atoms with van der Waals surface area (Å²) in [6, 6.07) is 16.0. The predicted octanol–water partition coefficient (Wildman–Crippen LogP) is 4.43. The number of aromatic nitrogens is 4. The Kier molecular flexibility index (Phi) is 5.13. The lowest BCUT2D eigenvalue weighted by molar-refractivity contribution is 0.0698. The normalized spacial score (nSPS) is 12.2. The average Bonchev–Trinajstić information content (AvgIpc) is 3.28. The number of hydrogen-bond donors (Lipinski definition) is 2. The molecule has 0 amide bonds. The van der Waals surface area contributed by atoms with Crippen LogP contribution in [0.15, 0.2) is 71.9 Å². The maximum atomic E-state index is 13.5. The summed E-state index contributed by atoms with van der Waals surface area (Å²) >= 11 is 0. The van der Waals surface area contributed by atoms with E-state index < -0.39 is 5.97 Å². The van der Waals surface area contributed by atoms with E-state index in [2.05, 4.69) is 15.3 Å². The molecule has 1 unspecified atom stereocenters. The van der Waals surface area contributed by atoms with Gasteiger partial charge in [-0.15, -0.1) is 0 Å². The van der Waals surface area contributed by atoms with Gasteiger partial charge in [0.1, 0.15) is 17.7 Å². The Hall–Kier alpha value is -4.46. The van der Waals surface area contributed by atoms with Crippen molar-refractivity contribution in [1.29, 1.82) is 0 Å². The quantitative estimate of drug-likeness (QED) is 0.408. The Labute approximate surface area is 195 Å². The molecule has 0 aliphatic rings. The van der Waals surface area contributed by atoms with Crippen LogP contribution in [0.25, 0.3) is 27.9 Å². The molecule has 0 spiro atoms. The van der Waals surface area contributed by atoms with Crippen LogP contribution in [0.3, 0.4) is 0 Å². The van der Waals surface area contributed by atoms with Gasteiger partial charge in [0.2, 0.25) is 0 Å². The van der Waals surface area contributed by atoms with Crippen molar-refractivity contribution in [2.75, 3.05) is 5.32 Å². The fraction of sp³-hybridized carbons (Fsp3) is 0.154. The van der Waals surface area contributed by atoms with Crippen LogP contribution in [0.5, 0.6) is 0 Å². The van der Waals surface area contributed by atoms with Gasteiger partial charge in [0.15, 0.2) is 0 Å². The summed E-state index contributed by atoms with van der Waals surface area (Å²) < 4.78 is 3.51. The summed E-state index contributed by atoms with van der Waals surface area (Å²) in [7, 11) is 1.73. The molecule has 2 aromatic carbocycles. The molecule has 5 aromatic rings. The van der Waals surface area contributed by atoms with Crippen molar-refractivity contribution in [3.8, 4) is 11.4 Å². The number of nitrogens with zero attached hydrogens (tertiary/aromatic N) is 4. The van der Waals surface area contributed by atoms with Gasteiger partial charge in [-0.3, -0.25) is 18.7 Å². The zero-order valence-corrected chi connectivity index (χ0v) is 19.0. The number of nitrogens with one attached hydrogen (secondary N) is 1. The SMILES string of the molecule is Cc1cc(C(C)Nc2ccccc2C(=O)O)c2c(c1)c(=O)n(C)c1c(-c3ccccn3)ncn21. The van der Waals surface area contributed by atoms with Crippen molar-refractivity contribution in [3.05, 3.63) is 94.2 Å². The van der Waals surface area contributed by atoms with Crippen molar-refractivity contribution in [1.82, 2.24) is 18.9 Å². The number of carboxylic acid groups (broad SMARTS) is 1. The first kappa shape index (κ1) is 21.4. The number of pyridine rings is 1. The van der Waals surface area contributed by atoms with Gasteiger partial charge in [-0.1, -0.05) is 24.3 Å². The number of aromatic carboxylic acids is 1. The number of fused-ring (bicyclic) bond motifs is 3. The lowest BCUT2D eigenvalue weighted by Gasteiger charge is -2.21. The average molecular weight is 454 g/mol. The van der Waals surface area contributed by atoms with E-state index in [1.807, 2.05) is 48.6 Å². The number of carboxylic acids is 1. The van der Waals surface area contributed by atoms with E-state index in [9.17, 15) is 14.7 Å². The molecule has 3 aromatic heterocycles. The van der Waals surface area contributed by atoms with Crippen LogP contribution in [-0.2, 0) is 7.05 Å². The van der Waals surface area contributed by atoms with Gasteiger partial charge >= 0.3 is 5.97 Å². The standard InChI is InChI=1S/C26H23N5O3/c1-15-12-18(16(2)29-20-9-5-4-8-17(20)26(33)34)23-19(13-15)25(32)30(3)24-22(28-14-31(23)24)21-10-6-7-11-27-21/h4-14,16,29H,1-3H3,(H,33,34). The van der Waals surface area contributed by atoms with Crippen LogP contribution in [0.4, 0.5) is 5.69 Å². The number of benzene rings is 2. The number of anilines is 1. The van der Waals surface area contributed by atoms with E-state index in [0.29, 0.717) is 28.1 Å². The topological polar surface area (TPSA) is 102 Å². The first-order chi connectivity index (χ1) is 16.4. The summed E-state index contributed by atoms with van der Waals surface area (Å²) in [6.07, 6.45) is 3.40. The molecule has 34 heavy (non-hydrogen) atoms. The summed E-state index contributed by atoms with van der Waals surface area (Å²) in [4.78, 5) is 34.2. The third kappa shape index (κ3) is 3.40. The van der Waals surface area contributed by atoms with Crippen LogP contribution in [0.1, 0.15) is 34.5 Å². The first-order valence-electron chi connectivity index (χ1n) is 10.9. The molecule has 0 aliphatic heterocycles. The second-order valence-electron chi connectivity index (χ2n) is 8.33. The molecule has 3 heterocycles. The zero-order chi connectivity index (χ0) is 24.0. The number of para-hydroxylation sites is 1. The molecular formula is C26H23N5O3. The highest BCUT2D eigenvalue weighted by Crippen LogP contribution is 2.31. The second-order valence-corrected chi connectivity index (χ2v) is 8.33. The number of carbonyl (C=O) groups is 1. The Morgan fingerprint density at radius 3 is 2.59 bits per heavy atom. The van der Waals surface area contributed by atoms with Crippen LogP contribution >= 0.6 is 0 Å². The molecule has 0 radical (unpaired) electrons. The summed E-state index contributed by atoms with van der Waals surface area (Å²) in [6.45, 7) is 3.89. The summed E-state index contributed by atoms with van der Waals surface area (Å²) in [5, 5.41) is 13.5. The van der Waals surface area contributed by atoms with Gasteiger partial charge in [-0.05, 0) is 55.3 Å². The second kappa shape index (κ2) is 8.15. The van der Waals surface area contributed by atoms with Crippen LogP contribution in [0.2, 0.25) is 0 Å². The fourth-order valence-corrected chi connectivity index (χ4v) is 4.46. The molecule has 0 bridgehead atoms. The molecular weight excluding hydrogens is 430 g/mol. The van der Waals surface area contributed by atoms with Gasteiger partial charge in [-0.25, -0.2) is 9.78 Å². The highest BCUT2D eigenvalue weighted by molar-refractivity contribution is 5.94. The fourth-order valence-electron chi connectivity index (χ4n) is 4.46. The van der Waals surface area contributed by atoms with Crippen LogP contribution in [-0.4, -0.2) is 30.0 Å². The van der Waals surface area contributed by atoms with E-state index in [1.54, 1.807) is 48.4 Å². The molecule has 0 aliphatic carbocycles. The van der Waals surface area contributed by atoms with Crippen molar-refractivity contribution >= 4 is 28.2 Å². The van der Waals surface area contributed by atoms with Gasteiger partial charge in [-0.2, -0.15) is 0 Å². The van der Waals surface area contributed by atoms with Crippen molar-refractivity contribution in [2.24, 2.45) is 7.05 Å². The maximum Gasteiger partial charge on any atom is 0.337 e. The number of aryl methyl sites for hydroxylation is 2. The Morgan fingerprint density at radius 2 is 1.85 bits per heavy atom. The van der Waals surface area contributed by atoms with Crippen LogP contribution in [0, 0.1) is 6.92 Å². The third-order valence-corrected chi connectivity index (χ3v) is 6.02. The van der Waals surface area contributed by atoms with Gasteiger partial charge in [0, 0.05) is 18.9 Å². The monoisotopic (exact) mass is 453 g/mol. The summed E-state index contributed by atoms with van der Waals surface area (Å²) in [5.74, 6) is -1.00. The lowest BCUT2D eigenvalue weighted by atomic mass is 10.00. The molecule has 1 atom stereocenters. The van der Waals surface area contributed by atoms with Crippen LogP contribution < -0.4 is 10.9 Å². The maximum absolute atomic E-state index is 13.5. The molecule has 170 valence electrons. The Balaban J connectivity index is 1.76. The molecule has 8 nitrogen and oxygen atoms in total. The first-order valence-corrected chi connectivity index (χ1v) is 10.9. The number of imidazole rings is 1. The smallest absolute Gasteiger partial charge is 0.337 e. The third-order valence-electron chi connectivity index (χ3n) is 6.02. The van der Waals surface area contributed by atoms with Crippen molar-refractivity contribution < 1.29 is 9.90 Å². The lowest BCUT2D eigenvalue weighted by Crippen LogP contribution is -2.22.